The topological polar surface area (TPSA) is 59.8 Å². The van der Waals surface area contributed by atoms with Crippen molar-refractivity contribution in [2.24, 2.45) is 0 Å². The third-order valence-electron chi connectivity index (χ3n) is 4.15. The average Bonchev–Trinajstić information content (AvgIpc) is 2.42. The minimum absolute atomic E-state index is 0.0665. The van der Waals surface area contributed by atoms with Crippen molar-refractivity contribution in [2.75, 3.05) is 59.0 Å². The zero-order valence-corrected chi connectivity index (χ0v) is 12.3. The standard InChI is InChI=1S/C14H24N4O2/c1-2-14(19)18(4-3-15)10-7-16-5-8-17(9-6-16)13-11-20-12-13/h13H,2,4-12H2,1H3. The van der Waals surface area contributed by atoms with E-state index >= 15 is 0 Å². The molecule has 2 heterocycles. The highest BCUT2D eigenvalue weighted by Gasteiger charge is 2.28. The number of carbonyl (C=O) groups is 1. The van der Waals surface area contributed by atoms with Crippen LogP contribution in [0.3, 0.4) is 0 Å². The first-order valence-corrected chi connectivity index (χ1v) is 7.43. The van der Waals surface area contributed by atoms with Crippen molar-refractivity contribution in [3.63, 3.8) is 0 Å². The summed E-state index contributed by atoms with van der Waals surface area (Å²) in [4.78, 5) is 18.2. The SMILES string of the molecule is CCC(=O)N(CC#N)CCN1CCN(C2COC2)CC1. The summed E-state index contributed by atoms with van der Waals surface area (Å²) in [6, 6.07) is 2.69. The largest absolute Gasteiger partial charge is 0.378 e. The van der Waals surface area contributed by atoms with Crippen molar-refractivity contribution < 1.29 is 9.53 Å². The number of hydrogen-bond acceptors (Lipinski definition) is 5. The molecule has 2 aliphatic rings. The Labute approximate surface area is 120 Å². The second kappa shape index (κ2) is 7.58. The van der Waals surface area contributed by atoms with Gasteiger partial charge in [-0.3, -0.25) is 14.6 Å². The predicted molar refractivity (Wildman–Crippen MR) is 75.1 cm³/mol. The number of amides is 1. The van der Waals surface area contributed by atoms with Crippen LogP contribution >= 0.6 is 0 Å². The molecule has 0 aromatic rings. The zero-order chi connectivity index (χ0) is 14.4. The second-order valence-corrected chi connectivity index (χ2v) is 5.40. The zero-order valence-electron chi connectivity index (χ0n) is 12.3. The van der Waals surface area contributed by atoms with Crippen LogP contribution in [-0.4, -0.2) is 85.7 Å². The van der Waals surface area contributed by atoms with Gasteiger partial charge in [0.05, 0.1) is 25.3 Å². The number of nitrogens with zero attached hydrogens (tertiary/aromatic N) is 4. The maximum Gasteiger partial charge on any atom is 0.223 e. The van der Waals surface area contributed by atoms with E-state index < -0.39 is 0 Å². The molecule has 20 heavy (non-hydrogen) atoms. The summed E-state index contributed by atoms with van der Waals surface area (Å²) in [5, 5.41) is 8.77. The molecular weight excluding hydrogens is 256 g/mol. The van der Waals surface area contributed by atoms with E-state index in [9.17, 15) is 4.79 Å². The number of piperazine rings is 1. The third kappa shape index (κ3) is 3.92. The molecule has 112 valence electrons. The van der Waals surface area contributed by atoms with Gasteiger partial charge in [0.15, 0.2) is 0 Å². The van der Waals surface area contributed by atoms with Crippen molar-refractivity contribution in [2.45, 2.75) is 19.4 Å². The molecular formula is C14H24N4O2. The van der Waals surface area contributed by atoms with Gasteiger partial charge >= 0.3 is 0 Å². The molecule has 0 N–H and O–H groups in total. The normalized spacial score (nSPS) is 21.2. The van der Waals surface area contributed by atoms with E-state index in [1.165, 1.54) is 0 Å². The van der Waals surface area contributed by atoms with Crippen LogP contribution in [0, 0.1) is 11.3 Å². The molecule has 0 radical (unpaired) electrons. The molecule has 0 spiro atoms. The quantitative estimate of drug-likeness (QED) is 0.629. The molecule has 2 rings (SSSR count). The number of carbonyl (C=O) groups excluding carboxylic acids is 1. The minimum atomic E-state index is 0.0665. The molecule has 0 aliphatic carbocycles. The molecule has 2 saturated heterocycles. The molecule has 1 amide bonds. The van der Waals surface area contributed by atoms with Crippen LogP contribution in [0.4, 0.5) is 0 Å². The van der Waals surface area contributed by atoms with Crippen molar-refractivity contribution >= 4 is 5.91 Å². The molecule has 0 unspecified atom stereocenters. The van der Waals surface area contributed by atoms with Gasteiger partial charge in [-0.15, -0.1) is 0 Å². The Morgan fingerprint density at radius 1 is 1.35 bits per heavy atom. The predicted octanol–water partition coefficient (Wildman–Crippen LogP) is -0.235. The van der Waals surface area contributed by atoms with E-state index in [0.717, 1.165) is 45.9 Å². The van der Waals surface area contributed by atoms with Crippen molar-refractivity contribution in [1.29, 1.82) is 5.26 Å². The fourth-order valence-electron chi connectivity index (χ4n) is 2.65. The Hall–Kier alpha value is -1.16. The number of ether oxygens (including phenoxy) is 1. The van der Waals surface area contributed by atoms with Gasteiger partial charge in [-0.25, -0.2) is 0 Å². The van der Waals surface area contributed by atoms with Gasteiger partial charge in [0, 0.05) is 45.7 Å². The molecule has 2 fully saturated rings. The second-order valence-electron chi connectivity index (χ2n) is 5.40. The lowest BCUT2D eigenvalue weighted by Crippen LogP contribution is -2.57. The molecule has 6 nitrogen and oxygen atoms in total. The number of rotatable bonds is 6. The summed E-state index contributed by atoms with van der Waals surface area (Å²) in [5.74, 6) is 0.0665. The van der Waals surface area contributed by atoms with E-state index in [0.29, 0.717) is 19.0 Å². The average molecular weight is 280 g/mol. The van der Waals surface area contributed by atoms with Gasteiger partial charge in [0.25, 0.3) is 0 Å². The fraction of sp³-hybridized carbons (Fsp3) is 0.857. The number of hydrogen-bond donors (Lipinski definition) is 0. The van der Waals surface area contributed by atoms with E-state index in [4.69, 9.17) is 10.00 Å². The van der Waals surface area contributed by atoms with Gasteiger partial charge < -0.3 is 9.64 Å². The lowest BCUT2D eigenvalue weighted by atomic mass is 10.2. The molecule has 2 aliphatic heterocycles. The van der Waals surface area contributed by atoms with Crippen LogP contribution in [0.25, 0.3) is 0 Å². The van der Waals surface area contributed by atoms with Gasteiger partial charge in [-0.1, -0.05) is 6.92 Å². The Bertz CT molecular complexity index is 357. The van der Waals surface area contributed by atoms with Crippen LogP contribution in [0.15, 0.2) is 0 Å². The van der Waals surface area contributed by atoms with Gasteiger partial charge in [-0.05, 0) is 0 Å². The highest BCUT2D eigenvalue weighted by Crippen LogP contribution is 2.13. The van der Waals surface area contributed by atoms with Crippen LogP contribution in [-0.2, 0) is 9.53 Å². The summed E-state index contributed by atoms with van der Waals surface area (Å²) < 4.78 is 5.23. The Morgan fingerprint density at radius 3 is 2.55 bits per heavy atom. The summed E-state index contributed by atoms with van der Waals surface area (Å²) in [7, 11) is 0. The van der Waals surface area contributed by atoms with E-state index in [2.05, 4.69) is 15.9 Å². The van der Waals surface area contributed by atoms with Crippen LogP contribution < -0.4 is 0 Å². The molecule has 6 heteroatoms. The first kappa shape index (κ1) is 15.2. The van der Waals surface area contributed by atoms with Gasteiger partial charge in [0.2, 0.25) is 5.91 Å². The van der Waals surface area contributed by atoms with Gasteiger partial charge in [-0.2, -0.15) is 5.26 Å². The number of nitriles is 1. The molecule has 0 saturated carbocycles. The van der Waals surface area contributed by atoms with Gasteiger partial charge in [0.1, 0.15) is 6.54 Å². The fourth-order valence-corrected chi connectivity index (χ4v) is 2.65. The molecule has 0 bridgehead atoms. The van der Waals surface area contributed by atoms with Crippen LogP contribution in [0.2, 0.25) is 0 Å². The van der Waals surface area contributed by atoms with Crippen molar-refractivity contribution in [3.8, 4) is 6.07 Å². The van der Waals surface area contributed by atoms with Crippen LogP contribution in [0.1, 0.15) is 13.3 Å². The molecule has 0 aromatic heterocycles. The maximum absolute atomic E-state index is 11.7. The first-order chi connectivity index (χ1) is 9.74. The summed E-state index contributed by atoms with van der Waals surface area (Å²) in [6.45, 7) is 9.55. The lowest BCUT2D eigenvalue weighted by Gasteiger charge is -2.42. The summed E-state index contributed by atoms with van der Waals surface area (Å²) in [5.41, 5.74) is 0. The Kier molecular flexibility index (Phi) is 5.77. The Balaban J connectivity index is 1.69. The van der Waals surface area contributed by atoms with Crippen molar-refractivity contribution in [1.82, 2.24) is 14.7 Å². The highest BCUT2D eigenvalue weighted by molar-refractivity contribution is 5.76. The first-order valence-electron chi connectivity index (χ1n) is 7.43. The smallest absolute Gasteiger partial charge is 0.223 e. The van der Waals surface area contributed by atoms with E-state index in [1.54, 1.807) is 4.90 Å². The lowest BCUT2D eigenvalue weighted by molar-refractivity contribution is -0.130. The molecule has 0 aromatic carbocycles. The van der Waals surface area contributed by atoms with E-state index in [1.807, 2.05) is 6.92 Å². The minimum Gasteiger partial charge on any atom is -0.378 e. The maximum atomic E-state index is 11.7. The molecule has 0 atom stereocenters. The summed E-state index contributed by atoms with van der Waals surface area (Å²) >= 11 is 0. The monoisotopic (exact) mass is 280 g/mol. The van der Waals surface area contributed by atoms with Crippen LogP contribution in [0.5, 0.6) is 0 Å². The Morgan fingerprint density at radius 2 is 2.05 bits per heavy atom. The highest BCUT2D eigenvalue weighted by atomic mass is 16.5. The third-order valence-corrected chi connectivity index (χ3v) is 4.15. The van der Waals surface area contributed by atoms with E-state index in [-0.39, 0.29) is 12.5 Å². The summed E-state index contributed by atoms with van der Waals surface area (Å²) in [6.07, 6.45) is 0.469. The van der Waals surface area contributed by atoms with Crippen molar-refractivity contribution in [3.05, 3.63) is 0 Å².